The van der Waals surface area contributed by atoms with Gasteiger partial charge in [0.05, 0.1) is 11.9 Å². The Morgan fingerprint density at radius 2 is 2.14 bits per heavy atom. The van der Waals surface area contributed by atoms with Crippen LogP contribution < -0.4 is 4.57 Å². The highest BCUT2D eigenvalue weighted by atomic mass is 32.2. The summed E-state index contributed by atoms with van der Waals surface area (Å²) in [4.78, 5) is -0.221. The zero-order valence-electron chi connectivity index (χ0n) is 7.41. The van der Waals surface area contributed by atoms with Crippen molar-refractivity contribution in [3.63, 3.8) is 0 Å². The third-order valence-corrected chi connectivity index (χ3v) is 2.85. The van der Waals surface area contributed by atoms with E-state index in [1.165, 1.54) is 12.3 Å². The number of aryl methyl sites for hydroxylation is 1. The van der Waals surface area contributed by atoms with Gasteiger partial charge in [0.2, 0.25) is 0 Å². The van der Waals surface area contributed by atoms with Gasteiger partial charge < -0.3 is 4.55 Å². The van der Waals surface area contributed by atoms with Gasteiger partial charge in [-0.3, -0.25) is 0 Å². The maximum Gasteiger partial charge on any atom is 0.285 e. The molecule has 0 aliphatic heterocycles. The molecule has 2 rings (SSSR count). The lowest BCUT2D eigenvalue weighted by Crippen LogP contribution is -2.25. The predicted molar refractivity (Wildman–Crippen MR) is 46.5 cm³/mol. The largest absolute Gasteiger partial charge is 0.744 e. The molecule has 0 amide bonds. The number of pyridine rings is 1. The number of nitrogens with zero attached hydrogens (tertiary/aromatic N) is 2. The van der Waals surface area contributed by atoms with E-state index in [1.807, 2.05) is 11.6 Å². The van der Waals surface area contributed by atoms with Crippen LogP contribution in [0.5, 0.6) is 0 Å². The summed E-state index contributed by atoms with van der Waals surface area (Å²) < 4.78 is 35.5. The smallest absolute Gasteiger partial charge is 0.285 e. The Hall–Kier alpha value is -1.40. The number of hydrogen-bond acceptors (Lipinski definition) is 3. The van der Waals surface area contributed by atoms with Gasteiger partial charge in [-0.1, -0.05) is 0 Å². The van der Waals surface area contributed by atoms with Gasteiger partial charge in [-0.05, 0) is 6.07 Å². The minimum Gasteiger partial charge on any atom is -0.744 e. The highest BCUT2D eigenvalue weighted by Crippen LogP contribution is 2.08. The summed E-state index contributed by atoms with van der Waals surface area (Å²) >= 11 is 0. The molecule has 74 valence electrons. The molecule has 0 fully saturated rings. The van der Waals surface area contributed by atoms with Gasteiger partial charge in [-0.15, -0.1) is 0 Å². The van der Waals surface area contributed by atoms with E-state index < -0.39 is 10.1 Å². The van der Waals surface area contributed by atoms with Crippen molar-refractivity contribution in [1.29, 1.82) is 0 Å². The van der Waals surface area contributed by atoms with Gasteiger partial charge in [-0.2, -0.15) is 0 Å². The molecule has 0 saturated heterocycles. The minimum atomic E-state index is -4.37. The first kappa shape index (κ1) is 9.17. The first-order valence-corrected chi connectivity index (χ1v) is 5.31. The van der Waals surface area contributed by atoms with Gasteiger partial charge in [-0.25, -0.2) is 17.4 Å². The van der Waals surface area contributed by atoms with Crippen LogP contribution in [-0.4, -0.2) is 17.4 Å². The average Bonchev–Trinajstić information content (AvgIpc) is 2.46. The van der Waals surface area contributed by atoms with Crippen molar-refractivity contribution in [2.75, 3.05) is 0 Å². The summed E-state index contributed by atoms with van der Waals surface area (Å²) in [7, 11) is -2.53. The normalized spacial score (nSPS) is 12.1. The Bertz CT molecular complexity index is 586. The molecule has 0 saturated carbocycles. The van der Waals surface area contributed by atoms with Crippen molar-refractivity contribution in [1.82, 2.24) is 4.40 Å². The predicted octanol–water partition coefficient (Wildman–Crippen LogP) is -0.332. The van der Waals surface area contributed by atoms with Crippen LogP contribution in [0.3, 0.4) is 0 Å². The summed E-state index contributed by atoms with van der Waals surface area (Å²) in [5.41, 5.74) is 0.817. The second-order valence-electron chi connectivity index (χ2n) is 2.99. The number of rotatable bonds is 1. The number of fused-ring (bicyclic) bond motifs is 1. The van der Waals surface area contributed by atoms with E-state index in [0.29, 0.717) is 0 Å². The Labute approximate surface area is 81.0 Å². The Morgan fingerprint density at radius 1 is 1.43 bits per heavy atom. The second kappa shape index (κ2) is 2.79. The number of hydrogen-bond donors (Lipinski definition) is 0. The molecule has 0 N–H and O–H groups in total. The number of aromatic nitrogens is 2. The van der Waals surface area contributed by atoms with Crippen LogP contribution >= 0.6 is 0 Å². The van der Waals surface area contributed by atoms with Crippen LogP contribution in [0.2, 0.25) is 0 Å². The van der Waals surface area contributed by atoms with Crippen molar-refractivity contribution >= 4 is 15.8 Å². The van der Waals surface area contributed by atoms with Crippen LogP contribution in [0.25, 0.3) is 5.65 Å². The molecule has 5 nitrogen and oxygen atoms in total. The first-order chi connectivity index (χ1) is 6.48. The fourth-order valence-corrected chi connectivity index (χ4v) is 1.78. The summed E-state index contributed by atoms with van der Waals surface area (Å²) in [6, 6.07) is 2.89. The molecule has 0 aromatic carbocycles. The van der Waals surface area contributed by atoms with E-state index in [-0.39, 0.29) is 4.90 Å². The van der Waals surface area contributed by atoms with Gasteiger partial charge in [0, 0.05) is 6.07 Å². The molecule has 2 aromatic rings. The first-order valence-electron chi connectivity index (χ1n) is 3.91. The van der Waals surface area contributed by atoms with Crippen molar-refractivity contribution in [3.05, 3.63) is 30.7 Å². The lowest BCUT2D eigenvalue weighted by atomic mass is 10.5. The van der Waals surface area contributed by atoms with E-state index in [0.717, 1.165) is 5.65 Å². The van der Waals surface area contributed by atoms with Crippen molar-refractivity contribution in [2.24, 2.45) is 7.05 Å². The Kier molecular flexibility index (Phi) is 1.83. The fourth-order valence-electron chi connectivity index (χ4n) is 1.30. The molecule has 0 spiro atoms. The molecule has 2 aromatic heterocycles. The van der Waals surface area contributed by atoms with Crippen molar-refractivity contribution in [3.8, 4) is 0 Å². The van der Waals surface area contributed by atoms with Crippen LogP contribution in [0, 0.1) is 0 Å². The molecule has 0 unspecified atom stereocenters. The van der Waals surface area contributed by atoms with Gasteiger partial charge >= 0.3 is 0 Å². The van der Waals surface area contributed by atoms with Gasteiger partial charge in [0.15, 0.2) is 0 Å². The van der Waals surface area contributed by atoms with E-state index in [2.05, 4.69) is 0 Å². The average molecular weight is 212 g/mol. The van der Waals surface area contributed by atoms with Gasteiger partial charge in [0.25, 0.3) is 5.65 Å². The minimum absolute atomic E-state index is 0.221. The summed E-state index contributed by atoms with van der Waals surface area (Å²) in [5.74, 6) is 0. The number of imidazole rings is 1. The maximum absolute atomic E-state index is 10.7. The third-order valence-electron chi connectivity index (χ3n) is 2.03. The molecule has 0 aliphatic carbocycles. The second-order valence-corrected chi connectivity index (χ2v) is 4.37. The van der Waals surface area contributed by atoms with E-state index in [1.54, 1.807) is 22.9 Å². The molecule has 6 heteroatoms. The lowest BCUT2D eigenvalue weighted by molar-refractivity contribution is -0.644. The molecule has 0 bridgehead atoms. The summed E-state index contributed by atoms with van der Waals surface area (Å²) in [6.07, 6.45) is 4.76. The van der Waals surface area contributed by atoms with Crippen LogP contribution in [0.15, 0.2) is 35.6 Å². The molecule has 2 heterocycles. The van der Waals surface area contributed by atoms with E-state index in [9.17, 15) is 13.0 Å². The lowest BCUT2D eigenvalue weighted by Gasteiger charge is -2.04. The molecule has 0 atom stereocenters. The van der Waals surface area contributed by atoms with Gasteiger partial charge in [0.1, 0.15) is 28.7 Å². The van der Waals surface area contributed by atoms with Crippen molar-refractivity contribution in [2.45, 2.75) is 4.90 Å². The molecule has 14 heavy (non-hydrogen) atoms. The zero-order chi connectivity index (χ0) is 10.3. The topological polar surface area (TPSA) is 65.5 Å². The zero-order valence-corrected chi connectivity index (χ0v) is 8.23. The third kappa shape index (κ3) is 1.38. The standard InChI is InChI=1S/C8H8N2O3S/c1-9-4-5-10-6-7(14(11,12)13)2-3-8(9)10/h2-6H,1H3. The molecule has 0 radical (unpaired) electrons. The summed E-state index contributed by atoms with van der Waals surface area (Å²) in [5, 5.41) is 0. The maximum atomic E-state index is 10.7. The van der Waals surface area contributed by atoms with E-state index in [4.69, 9.17) is 0 Å². The quantitative estimate of drug-likeness (QED) is 0.480. The SMILES string of the molecule is C[n+]1ccn2cc(S(=O)(=O)[O-])ccc21. The van der Waals surface area contributed by atoms with Crippen LogP contribution in [0.4, 0.5) is 0 Å². The molecule has 0 aliphatic rings. The van der Waals surface area contributed by atoms with Crippen LogP contribution in [0.1, 0.15) is 0 Å². The molecular formula is C8H8N2O3S. The monoisotopic (exact) mass is 212 g/mol. The van der Waals surface area contributed by atoms with Crippen molar-refractivity contribution < 1.29 is 17.5 Å². The highest BCUT2D eigenvalue weighted by molar-refractivity contribution is 7.85. The van der Waals surface area contributed by atoms with Crippen LogP contribution in [-0.2, 0) is 17.2 Å². The molecular weight excluding hydrogens is 204 g/mol. The Balaban J connectivity index is 2.76. The fraction of sp³-hybridized carbons (Fsp3) is 0.125. The highest BCUT2D eigenvalue weighted by Gasteiger charge is 2.09. The summed E-state index contributed by atoms with van der Waals surface area (Å²) in [6.45, 7) is 0. The van der Waals surface area contributed by atoms with E-state index >= 15 is 0 Å². The Morgan fingerprint density at radius 3 is 2.79 bits per heavy atom.